The van der Waals surface area contributed by atoms with Crippen molar-refractivity contribution in [3.63, 3.8) is 0 Å². The zero-order chi connectivity index (χ0) is 17.1. The molecule has 8 heteroatoms. The Morgan fingerprint density at radius 2 is 1.70 bits per heavy atom. The summed E-state index contributed by atoms with van der Waals surface area (Å²) < 4.78 is 51.6. The predicted molar refractivity (Wildman–Crippen MR) is 86.7 cm³/mol. The monoisotopic (exact) mass is 363 g/mol. The van der Waals surface area contributed by atoms with Crippen LogP contribution >= 0.6 is 0 Å². The molecular formula is C15H25NO5S2. The molecule has 0 saturated heterocycles. The Labute approximate surface area is 138 Å². The fraction of sp³-hybridized carbons (Fsp3) is 0.933. The number of sulfonamides is 2. The van der Waals surface area contributed by atoms with Gasteiger partial charge in [-0.15, -0.1) is 4.13 Å². The molecule has 0 spiro atoms. The maximum atomic E-state index is 12.5. The van der Waals surface area contributed by atoms with E-state index in [9.17, 15) is 21.6 Å². The summed E-state index contributed by atoms with van der Waals surface area (Å²) in [6, 6.07) is 0. The number of rotatable bonds is 5. The second-order valence-electron chi connectivity index (χ2n) is 7.96. The second-order valence-corrected chi connectivity index (χ2v) is 11.9. The molecule has 6 nitrogen and oxygen atoms in total. The summed E-state index contributed by atoms with van der Waals surface area (Å²) in [5.74, 6) is -0.229. The molecule has 2 unspecified atom stereocenters. The first kappa shape index (κ1) is 17.4. The maximum absolute atomic E-state index is 12.5. The molecule has 0 aromatic rings. The molecule has 0 amide bonds. The first-order valence-electron chi connectivity index (χ1n) is 8.29. The van der Waals surface area contributed by atoms with E-state index in [4.69, 9.17) is 0 Å². The van der Waals surface area contributed by atoms with E-state index in [1.165, 1.54) is 0 Å². The van der Waals surface area contributed by atoms with Gasteiger partial charge in [0.05, 0.1) is 11.0 Å². The van der Waals surface area contributed by atoms with Gasteiger partial charge >= 0.3 is 0 Å². The van der Waals surface area contributed by atoms with Gasteiger partial charge in [0.15, 0.2) is 0 Å². The molecule has 2 bridgehead atoms. The highest BCUT2D eigenvalue weighted by atomic mass is 32.3. The fourth-order valence-electron chi connectivity index (χ4n) is 4.91. The lowest BCUT2D eigenvalue weighted by Gasteiger charge is -2.36. The van der Waals surface area contributed by atoms with Gasteiger partial charge in [-0.25, -0.2) is 16.8 Å². The van der Waals surface area contributed by atoms with E-state index < -0.39 is 41.9 Å². The fourth-order valence-corrected chi connectivity index (χ4v) is 9.38. The molecule has 3 fully saturated rings. The summed E-state index contributed by atoms with van der Waals surface area (Å²) >= 11 is 0. The Balaban J connectivity index is 1.83. The van der Waals surface area contributed by atoms with Gasteiger partial charge in [-0.1, -0.05) is 26.7 Å². The van der Waals surface area contributed by atoms with Crippen LogP contribution < -0.4 is 4.13 Å². The Morgan fingerprint density at radius 1 is 1.09 bits per heavy atom. The van der Waals surface area contributed by atoms with Gasteiger partial charge < -0.3 is 0 Å². The Kier molecular flexibility index (Phi) is 3.97. The topological polar surface area (TPSA) is 97.4 Å². The van der Waals surface area contributed by atoms with Crippen LogP contribution in [0.25, 0.3) is 0 Å². The van der Waals surface area contributed by atoms with Crippen molar-refractivity contribution in [2.75, 3.05) is 5.75 Å². The van der Waals surface area contributed by atoms with Gasteiger partial charge in [-0.3, -0.25) is 4.79 Å². The van der Waals surface area contributed by atoms with Crippen LogP contribution in [0.1, 0.15) is 58.8 Å². The SMILES string of the molecule is CC1(C)C2CCC1(CS(=O)(=O)NS(=O)(=O)C1CCCC1)C(=O)C2. The Bertz CT molecular complexity index is 719. The number of Topliss-reactive ketones (excluding diaryl/α,β-unsaturated/α-hetero) is 1. The Morgan fingerprint density at radius 3 is 2.17 bits per heavy atom. The molecule has 0 aliphatic heterocycles. The van der Waals surface area contributed by atoms with E-state index in [-0.39, 0.29) is 11.7 Å². The van der Waals surface area contributed by atoms with E-state index >= 15 is 0 Å². The molecular weight excluding hydrogens is 338 g/mol. The van der Waals surface area contributed by atoms with Crippen molar-refractivity contribution in [3.8, 4) is 0 Å². The van der Waals surface area contributed by atoms with Crippen molar-refractivity contribution in [2.24, 2.45) is 16.7 Å². The van der Waals surface area contributed by atoms with E-state index in [1.54, 1.807) is 0 Å². The average Bonchev–Trinajstić information content (AvgIpc) is 3.04. The number of carbonyl (C=O) groups is 1. The van der Waals surface area contributed by atoms with Crippen molar-refractivity contribution in [2.45, 2.75) is 64.0 Å². The summed E-state index contributed by atoms with van der Waals surface area (Å²) in [4.78, 5) is 12.4. The minimum Gasteiger partial charge on any atom is -0.299 e. The van der Waals surface area contributed by atoms with Gasteiger partial charge in [0.25, 0.3) is 0 Å². The second kappa shape index (κ2) is 5.26. The number of nitrogens with one attached hydrogen (secondary N) is 1. The molecule has 0 radical (unpaired) electrons. The molecule has 23 heavy (non-hydrogen) atoms. The van der Waals surface area contributed by atoms with Crippen molar-refractivity contribution in [3.05, 3.63) is 0 Å². The summed E-state index contributed by atoms with van der Waals surface area (Å²) in [5, 5.41) is -0.626. The number of hydrogen-bond acceptors (Lipinski definition) is 5. The van der Waals surface area contributed by atoms with E-state index in [0.717, 1.165) is 19.3 Å². The smallest absolute Gasteiger partial charge is 0.227 e. The van der Waals surface area contributed by atoms with E-state index in [0.29, 0.717) is 25.7 Å². The van der Waals surface area contributed by atoms with Crippen LogP contribution in [0.3, 0.4) is 0 Å². The number of hydrogen-bond donors (Lipinski definition) is 1. The number of fused-ring (bicyclic) bond motifs is 2. The van der Waals surface area contributed by atoms with Gasteiger partial charge in [-0.2, -0.15) is 0 Å². The first-order chi connectivity index (χ1) is 10.5. The van der Waals surface area contributed by atoms with Crippen molar-refractivity contribution >= 4 is 25.8 Å². The summed E-state index contributed by atoms with van der Waals surface area (Å²) in [7, 11) is -7.95. The molecule has 0 aromatic heterocycles. The normalized spacial score (nSPS) is 34.3. The average molecular weight is 364 g/mol. The van der Waals surface area contributed by atoms with Crippen LogP contribution in [0.15, 0.2) is 0 Å². The zero-order valence-electron chi connectivity index (χ0n) is 13.7. The van der Waals surface area contributed by atoms with Crippen LogP contribution in [0, 0.1) is 16.7 Å². The predicted octanol–water partition coefficient (Wildman–Crippen LogP) is 1.57. The minimum atomic E-state index is -4.07. The van der Waals surface area contributed by atoms with Gasteiger partial charge in [0.2, 0.25) is 20.0 Å². The third-order valence-corrected chi connectivity index (χ3v) is 10.7. The summed E-state index contributed by atoms with van der Waals surface area (Å²) in [5.41, 5.74) is -1.33. The van der Waals surface area contributed by atoms with Gasteiger partial charge in [0.1, 0.15) is 5.78 Å². The molecule has 1 N–H and O–H groups in total. The summed E-state index contributed by atoms with van der Waals surface area (Å²) in [6.45, 7) is 3.88. The number of ketones is 1. The third-order valence-electron chi connectivity index (χ3n) is 6.56. The van der Waals surface area contributed by atoms with Gasteiger partial charge in [-0.05, 0) is 37.0 Å². The largest absolute Gasteiger partial charge is 0.299 e. The van der Waals surface area contributed by atoms with E-state index in [2.05, 4.69) is 0 Å². The lowest BCUT2D eigenvalue weighted by atomic mass is 9.70. The van der Waals surface area contributed by atoms with Crippen molar-refractivity contribution < 1.29 is 21.6 Å². The molecule has 3 saturated carbocycles. The zero-order valence-corrected chi connectivity index (χ0v) is 15.3. The van der Waals surface area contributed by atoms with Crippen LogP contribution in [-0.2, 0) is 24.8 Å². The van der Waals surface area contributed by atoms with Gasteiger partial charge in [0, 0.05) is 11.8 Å². The molecule has 2 atom stereocenters. The van der Waals surface area contributed by atoms with Crippen molar-refractivity contribution in [1.29, 1.82) is 0 Å². The first-order valence-corrected chi connectivity index (χ1v) is 11.5. The van der Waals surface area contributed by atoms with Crippen LogP contribution in [0.2, 0.25) is 0 Å². The van der Waals surface area contributed by atoms with Crippen molar-refractivity contribution in [1.82, 2.24) is 4.13 Å². The molecule has 3 aliphatic carbocycles. The molecule has 132 valence electrons. The molecule has 0 heterocycles. The molecule has 0 aromatic carbocycles. The minimum absolute atomic E-state index is 0.0256. The number of carbonyl (C=O) groups excluding carboxylic acids is 1. The summed E-state index contributed by atoms with van der Waals surface area (Å²) in [6.07, 6.45) is 4.41. The molecule has 3 rings (SSSR count). The van der Waals surface area contributed by atoms with Crippen LogP contribution in [0.4, 0.5) is 0 Å². The standard InChI is InChI=1S/C15H25NO5S2/c1-14(2)11-7-8-15(14,13(17)9-11)10-22(18,19)16-23(20,21)12-5-3-4-6-12/h11-12,16H,3-10H2,1-2H3. The lowest BCUT2D eigenvalue weighted by Crippen LogP contribution is -2.47. The van der Waals surface area contributed by atoms with Crippen LogP contribution in [-0.4, -0.2) is 33.6 Å². The van der Waals surface area contributed by atoms with Crippen LogP contribution in [0.5, 0.6) is 0 Å². The van der Waals surface area contributed by atoms with E-state index in [1.807, 2.05) is 18.0 Å². The highest BCUT2D eigenvalue weighted by molar-refractivity contribution is 8.05. The highest BCUT2D eigenvalue weighted by Gasteiger charge is 2.65. The lowest BCUT2D eigenvalue weighted by molar-refractivity contribution is -0.128. The maximum Gasteiger partial charge on any atom is 0.227 e. The Hall–Kier alpha value is -0.470. The molecule has 3 aliphatic rings. The highest BCUT2D eigenvalue weighted by Crippen LogP contribution is 2.64. The quantitative estimate of drug-likeness (QED) is 0.800. The third kappa shape index (κ3) is 2.66.